The van der Waals surface area contributed by atoms with Gasteiger partial charge in [-0.05, 0) is 32.7 Å². The molecule has 1 aliphatic rings. The lowest BCUT2D eigenvalue weighted by molar-refractivity contribution is 0.147. The van der Waals surface area contributed by atoms with Crippen LogP contribution in [-0.2, 0) is 4.74 Å². The molecule has 2 N–H and O–H groups in total. The molecule has 19 heavy (non-hydrogen) atoms. The zero-order valence-electron chi connectivity index (χ0n) is 12.2. The van der Waals surface area contributed by atoms with Crippen molar-refractivity contribution in [2.24, 2.45) is 11.7 Å². The van der Waals surface area contributed by atoms with E-state index in [1.807, 2.05) is 10.9 Å². The van der Waals surface area contributed by atoms with Crippen LogP contribution in [0.5, 0.6) is 0 Å². The second-order valence-corrected chi connectivity index (χ2v) is 5.70. The molecule has 0 saturated carbocycles. The van der Waals surface area contributed by atoms with E-state index in [4.69, 9.17) is 10.5 Å². The Labute approximate surface area is 115 Å². The molecular formula is C14H26N4O. The predicted molar refractivity (Wildman–Crippen MR) is 76.0 cm³/mol. The molecule has 0 amide bonds. The molecule has 0 bridgehead atoms. The van der Waals surface area contributed by atoms with E-state index in [0.29, 0.717) is 18.5 Å². The molecule has 0 spiro atoms. The van der Waals surface area contributed by atoms with Crippen LogP contribution >= 0.6 is 0 Å². The maximum atomic E-state index is 5.98. The topological polar surface area (TPSA) is 56.3 Å². The Morgan fingerprint density at radius 1 is 1.53 bits per heavy atom. The lowest BCUT2D eigenvalue weighted by atomic mass is 10.1. The number of nitrogens with two attached hydrogens (primary N) is 1. The number of rotatable bonds is 6. The monoisotopic (exact) mass is 266 g/mol. The summed E-state index contributed by atoms with van der Waals surface area (Å²) in [6.07, 6.45) is 5.29. The van der Waals surface area contributed by atoms with Gasteiger partial charge in [0.2, 0.25) is 0 Å². The Balaban J connectivity index is 2.03. The molecule has 5 nitrogen and oxygen atoms in total. The summed E-state index contributed by atoms with van der Waals surface area (Å²) in [5.74, 6) is 0.638. The van der Waals surface area contributed by atoms with Gasteiger partial charge in [-0.1, -0.05) is 0 Å². The Hall–Kier alpha value is -0.910. The van der Waals surface area contributed by atoms with E-state index in [1.54, 1.807) is 7.11 Å². The first-order valence-electron chi connectivity index (χ1n) is 7.12. The first-order chi connectivity index (χ1) is 9.15. The van der Waals surface area contributed by atoms with Gasteiger partial charge in [-0.25, -0.2) is 0 Å². The first-order valence-corrected chi connectivity index (χ1v) is 7.12. The van der Waals surface area contributed by atoms with Gasteiger partial charge in [0.15, 0.2) is 0 Å². The van der Waals surface area contributed by atoms with E-state index in [0.717, 1.165) is 19.7 Å². The molecular weight excluding hydrogens is 240 g/mol. The quantitative estimate of drug-likeness (QED) is 0.846. The van der Waals surface area contributed by atoms with Crippen LogP contribution in [0.15, 0.2) is 12.4 Å². The SMILES string of the molecule is COCC1CCN(C(CN)c2cnn(C(C)C)c2)C1. The van der Waals surface area contributed by atoms with Gasteiger partial charge in [0.05, 0.1) is 18.8 Å². The Morgan fingerprint density at radius 2 is 2.32 bits per heavy atom. The van der Waals surface area contributed by atoms with Crippen LogP contribution in [0, 0.1) is 5.92 Å². The molecule has 2 unspecified atom stereocenters. The average molecular weight is 266 g/mol. The molecule has 1 fully saturated rings. The van der Waals surface area contributed by atoms with Crippen molar-refractivity contribution in [1.82, 2.24) is 14.7 Å². The number of hydrogen-bond acceptors (Lipinski definition) is 4. The normalized spacial score (nSPS) is 22.3. The van der Waals surface area contributed by atoms with Crippen molar-refractivity contribution in [2.75, 3.05) is 33.4 Å². The van der Waals surface area contributed by atoms with Crippen LogP contribution in [0.4, 0.5) is 0 Å². The molecule has 1 aromatic heterocycles. The molecule has 1 aromatic rings. The van der Waals surface area contributed by atoms with Crippen molar-refractivity contribution in [3.63, 3.8) is 0 Å². The first kappa shape index (κ1) is 14.5. The van der Waals surface area contributed by atoms with Crippen LogP contribution in [-0.4, -0.2) is 48.0 Å². The van der Waals surface area contributed by atoms with Gasteiger partial charge in [-0.2, -0.15) is 5.10 Å². The van der Waals surface area contributed by atoms with Crippen molar-refractivity contribution in [3.05, 3.63) is 18.0 Å². The summed E-state index contributed by atoms with van der Waals surface area (Å²) < 4.78 is 7.26. The Bertz CT molecular complexity index is 391. The molecule has 2 heterocycles. The highest BCUT2D eigenvalue weighted by molar-refractivity contribution is 5.12. The summed E-state index contributed by atoms with van der Waals surface area (Å²) in [4.78, 5) is 2.46. The van der Waals surface area contributed by atoms with Crippen LogP contribution < -0.4 is 5.73 Å². The third-order valence-corrected chi connectivity index (χ3v) is 3.92. The fraction of sp³-hybridized carbons (Fsp3) is 0.786. The summed E-state index contributed by atoms with van der Waals surface area (Å²) in [5.41, 5.74) is 7.21. The highest BCUT2D eigenvalue weighted by Crippen LogP contribution is 2.27. The van der Waals surface area contributed by atoms with E-state index in [1.165, 1.54) is 12.0 Å². The van der Waals surface area contributed by atoms with Crippen molar-refractivity contribution >= 4 is 0 Å². The number of hydrogen-bond donors (Lipinski definition) is 1. The summed E-state index contributed by atoms with van der Waals surface area (Å²) >= 11 is 0. The van der Waals surface area contributed by atoms with Gasteiger partial charge in [0.1, 0.15) is 0 Å². The molecule has 1 saturated heterocycles. The molecule has 0 radical (unpaired) electrons. The minimum atomic E-state index is 0.286. The molecule has 1 aliphatic heterocycles. The summed E-state index contributed by atoms with van der Waals surface area (Å²) in [6.45, 7) is 7.94. The highest BCUT2D eigenvalue weighted by atomic mass is 16.5. The fourth-order valence-electron chi connectivity index (χ4n) is 2.82. The lowest BCUT2D eigenvalue weighted by Crippen LogP contribution is -2.32. The van der Waals surface area contributed by atoms with Crippen LogP contribution in [0.2, 0.25) is 0 Å². The summed E-state index contributed by atoms with van der Waals surface area (Å²) in [7, 11) is 1.77. The van der Waals surface area contributed by atoms with Gasteiger partial charge in [0.25, 0.3) is 0 Å². The zero-order valence-corrected chi connectivity index (χ0v) is 12.2. The number of ether oxygens (including phenoxy) is 1. The molecule has 108 valence electrons. The minimum absolute atomic E-state index is 0.286. The summed E-state index contributed by atoms with van der Waals surface area (Å²) in [6, 6.07) is 0.682. The average Bonchev–Trinajstić information content (AvgIpc) is 3.01. The molecule has 2 atom stereocenters. The maximum absolute atomic E-state index is 5.98. The highest BCUT2D eigenvalue weighted by Gasteiger charge is 2.29. The van der Waals surface area contributed by atoms with Gasteiger partial charge in [-0.3, -0.25) is 9.58 Å². The summed E-state index contributed by atoms with van der Waals surface area (Å²) in [5, 5.41) is 4.42. The van der Waals surface area contributed by atoms with E-state index < -0.39 is 0 Å². The Kier molecular flexibility index (Phi) is 4.96. The third-order valence-electron chi connectivity index (χ3n) is 3.92. The molecule has 5 heteroatoms. The maximum Gasteiger partial charge on any atom is 0.0538 e. The number of methoxy groups -OCH3 is 1. The number of likely N-dealkylation sites (tertiary alicyclic amines) is 1. The van der Waals surface area contributed by atoms with Crippen molar-refractivity contribution < 1.29 is 4.74 Å². The predicted octanol–water partition coefficient (Wildman–Crippen LogP) is 1.43. The number of nitrogens with zero attached hydrogens (tertiary/aromatic N) is 3. The van der Waals surface area contributed by atoms with Crippen LogP contribution in [0.1, 0.15) is 37.9 Å². The molecule has 0 aromatic carbocycles. The van der Waals surface area contributed by atoms with E-state index in [-0.39, 0.29) is 6.04 Å². The van der Waals surface area contributed by atoms with Crippen molar-refractivity contribution in [2.45, 2.75) is 32.4 Å². The van der Waals surface area contributed by atoms with Crippen LogP contribution in [0.3, 0.4) is 0 Å². The number of aromatic nitrogens is 2. The van der Waals surface area contributed by atoms with Gasteiger partial charge < -0.3 is 10.5 Å². The second kappa shape index (κ2) is 6.50. The second-order valence-electron chi connectivity index (χ2n) is 5.70. The largest absolute Gasteiger partial charge is 0.384 e. The van der Waals surface area contributed by atoms with E-state index in [9.17, 15) is 0 Å². The Morgan fingerprint density at radius 3 is 2.89 bits per heavy atom. The van der Waals surface area contributed by atoms with E-state index >= 15 is 0 Å². The minimum Gasteiger partial charge on any atom is -0.384 e. The molecule has 2 rings (SSSR count). The lowest BCUT2D eigenvalue weighted by Gasteiger charge is -2.25. The standard InChI is InChI=1S/C14H26N4O/c1-11(2)18-9-13(7-16-18)14(6-15)17-5-4-12(8-17)10-19-3/h7,9,11-12,14H,4-6,8,10,15H2,1-3H3. The molecule has 0 aliphatic carbocycles. The zero-order chi connectivity index (χ0) is 13.8. The van der Waals surface area contributed by atoms with Gasteiger partial charge in [0, 0.05) is 38.0 Å². The van der Waals surface area contributed by atoms with E-state index in [2.05, 4.69) is 30.0 Å². The van der Waals surface area contributed by atoms with Crippen molar-refractivity contribution in [3.8, 4) is 0 Å². The third kappa shape index (κ3) is 3.35. The fourth-order valence-corrected chi connectivity index (χ4v) is 2.82. The van der Waals surface area contributed by atoms with Crippen LogP contribution in [0.25, 0.3) is 0 Å². The smallest absolute Gasteiger partial charge is 0.0538 e. The van der Waals surface area contributed by atoms with Gasteiger partial charge in [-0.15, -0.1) is 0 Å². The van der Waals surface area contributed by atoms with Crippen molar-refractivity contribution in [1.29, 1.82) is 0 Å². The van der Waals surface area contributed by atoms with Gasteiger partial charge >= 0.3 is 0 Å².